The van der Waals surface area contributed by atoms with Gasteiger partial charge in [-0.3, -0.25) is 0 Å². The molecule has 1 aliphatic carbocycles. The van der Waals surface area contributed by atoms with Gasteiger partial charge in [0.15, 0.2) is 0 Å². The molecule has 0 bridgehead atoms. The number of benzene rings is 1. The van der Waals surface area contributed by atoms with Crippen LogP contribution in [0.4, 0.5) is 0 Å². The number of phenols is 1. The predicted molar refractivity (Wildman–Crippen MR) is 91.8 cm³/mol. The molecule has 3 rings (SSSR count). The van der Waals surface area contributed by atoms with Crippen molar-refractivity contribution in [3.05, 3.63) is 39.7 Å². The smallest absolute Gasteiger partial charge is 0.336 e. The van der Waals surface area contributed by atoms with Crippen molar-refractivity contribution in [2.45, 2.75) is 58.5 Å². The van der Waals surface area contributed by atoms with Crippen molar-refractivity contribution in [1.82, 2.24) is 5.32 Å². The van der Waals surface area contributed by atoms with Crippen LogP contribution in [0.2, 0.25) is 0 Å². The van der Waals surface area contributed by atoms with Gasteiger partial charge in [0.1, 0.15) is 11.3 Å². The number of phenolic OH excluding ortho intramolecular Hbond substituents is 1. The monoisotopic (exact) mass is 315 g/mol. The van der Waals surface area contributed by atoms with Gasteiger partial charge >= 0.3 is 5.63 Å². The van der Waals surface area contributed by atoms with Gasteiger partial charge < -0.3 is 14.8 Å². The summed E-state index contributed by atoms with van der Waals surface area (Å²) in [5, 5.41) is 14.5. The lowest BCUT2D eigenvalue weighted by Crippen LogP contribution is -2.36. The van der Waals surface area contributed by atoms with Crippen LogP contribution >= 0.6 is 0 Å². The number of hydrogen-bond donors (Lipinski definition) is 2. The SMILES string of the molecule is CCc1cc2c(CN[C@H]3CCCC[C@@H]3C)cc(=O)oc2cc1O. The zero-order valence-electron chi connectivity index (χ0n) is 13.9. The third-order valence-corrected chi connectivity index (χ3v) is 5.08. The van der Waals surface area contributed by atoms with E-state index in [1.54, 1.807) is 12.1 Å². The average Bonchev–Trinajstić information content (AvgIpc) is 2.53. The fourth-order valence-corrected chi connectivity index (χ4v) is 3.60. The molecule has 0 aliphatic heterocycles. The summed E-state index contributed by atoms with van der Waals surface area (Å²) in [5.74, 6) is 0.861. The Morgan fingerprint density at radius 3 is 2.74 bits per heavy atom. The Morgan fingerprint density at radius 2 is 2.00 bits per heavy atom. The van der Waals surface area contributed by atoms with E-state index in [1.807, 2.05) is 13.0 Å². The second-order valence-electron chi connectivity index (χ2n) is 6.67. The van der Waals surface area contributed by atoms with E-state index in [2.05, 4.69) is 12.2 Å². The van der Waals surface area contributed by atoms with Crippen LogP contribution in [0.3, 0.4) is 0 Å². The molecule has 0 unspecified atom stereocenters. The van der Waals surface area contributed by atoms with Gasteiger partial charge in [-0.2, -0.15) is 0 Å². The lowest BCUT2D eigenvalue weighted by molar-refractivity contribution is 0.279. The van der Waals surface area contributed by atoms with Crippen molar-refractivity contribution < 1.29 is 9.52 Å². The van der Waals surface area contributed by atoms with E-state index in [1.165, 1.54) is 25.7 Å². The Bertz CT molecular complexity index is 750. The molecule has 0 amide bonds. The zero-order valence-corrected chi connectivity index (χ0v) is 13.9. The van der Waals surface area contributed by atoms with Gasteiger partial charge in [0.25, 0.3) is 0 Å². The molecule has 2 aromatic rings. The molecule has 1 saturated carbocycles. The quantitative estimate of drug-likeness (QED) is 0.844. The summed E-state index contributed by atoms with van der Waals surface area (Å²) in [5.41, 5.74) is 1.91. The van der Waals surface area contributed by atoms with E-state index >= 15 is 0 Å². The Kier molecular flexibility index (Phi) is 4.71. The molecule has 1 aliphatic rings. The van der Waals surface area contributed by atoms with Crippen molar-refractivity contribution in [2.24, 2.45) is 5.92 Å². The standard InChI is InChI=1S/C19H25NO3/c1-3-13-8-15-14(9-19(22)23-18(15)10-17(13)21)11-20-16-7-5-4-6-12(16)2/h8-10,12,16,20-21H,3-7,11H2,1-2H3/t12-,16-/m0/s1. The van der Waals surface area contributed by atoms with Gasteiger partial charge in [-0.25, -0.2) is 4.79 Å². The number of aryl methyl sites for hydroxylation is 1. The van der Waals surface area contributed by atoms with Gasteiger partial charge in [-0.05, 0) is 42.4 Å². The molecule has 1 aromatic heterocycles. The van der Waals surface area contributed by atoms with E-state index in [-0.39, 0.29) is 11.4 Å². The molecule has 2 N–H and O–H groups in total. The predicted octanol–water partition coefficient (Wildman–Crippen LogP) is 3.73. The summed E-state index contributed by atoms with van der Waals surface area (Å²) in [6, 6.07) is 5.57. The van der Waals surface area contributed by atoms with Gasteiger partial charge in [0.05, 0.1) is 0 Å². The Morgan fingerprint density at radius 1 is 1.22 bits per heavy atom. The molecular formula is C19H25NO3. The highest BCUT2D eigenvalue weighted by molar-refractivity contribution is 5.82. The van der Waals surface area contributed by atoms with E-state index in [9.17, 15) is 9.90 Å². The van der Waals surface area contributed by atoms with Crippen molar-refractivity contribution in [2.75, 3.05) is 0 Å². The fourth-order valence-electron chi connectivity index (χ4n) is 3.60. The van der Waals surface area contributed by atoms with E-state index in [0.29, 0.717) is 24.1 Å². The summed E-state index contributed by atoms with van der Waals surface area (Å²) in [6.07, 6.45) is 5.79. The third kappa shape index (κ3) is 3.42. The lowest BCUT2D eigenvalue weighted by Gasteiger charge is -2.29. The first kappa shape index (κ1) is 16.1. The molecule has 4 nitrogen and oxygen atoms in total. The molecule has 0 spiro atoms. The van der Waals surface area contributed by atoms with Crippen LogP contribution in [0.25, 0.3) is 11.0 Å². The fraction of sp³-hybridized carbons (Fsp3) is 0.526. The van der Waals surface area contributed by atoms with Crippen LogP contribution in [0.1, 0.15) is 50.7 Å². The topological polar surface area (TPSA) is 62.5 Å². The number of fused-ring (bicyclic) bond motifs is 1. The minimum absolute atomic E-state index is 0.189. The van der Waals surface area contributed by atoms with Crippen molar-refractivity contribution in [3.63, 3.8) is 0 Å². The molecule has 4 heteroatoms. The maximum atomic E-state index is 11.8. The van der Waals surface area contributed by atoms with Gasteiger partial charge in [-0.1, -0.05) is 26.7 Å². The van der Waals surface area contributed by atoms with Crippen molar-refractivity contribution in [1.29, 1.82) is 0 Å². The molecule has 1 aromatic carbocycles. The highest BCUT2D eigenvalue weighted by Gasteiger charge is 2.21. The van der Waals surface area contributed by atoms with Crippen LogP contribution in [-0.4, -0.2) is 11.1 Å². The number of nitrogens with one attached hydrogen (secondary N) is 1. The summed E-state index contributed by atoms with van der Waals surface area (Å²) in [6.45, 7) is 4.95. The molecule has 2 atom stereocenters. The summed E-state index contributed by atoms with van der Waals surface area (Å²) < 4.78 is 5.25. The van der Waals surface area contributed by atoms with Crippen LogP contribution in [0.15, 0.2) is 27.4 Å². The summed E-state index contributed by atoms with van der Waals surface area (Å²) >= 11 is 0. The van der Waals surface area contributed by atoms with Gasteiger partial charge in [0, 0.05) is 30.1 Å². The Hall–Kier alpha value is -1.81. The van der Waals surface area contributed by atoms with E-state index in [0.717, 1.165) is 22.9 Å². The van der Waals surface area contributed by atoms with Crippen molar-refractivity contribution >= 4 is 11.0 Å². The molecule has 0 radical (unpaired) electrons. The normalized spacial score (nSPS) is 21.7. The first-order valence-electron chi connectivity index (χ1n) is 8.60. The van der Waals surface area contributed by atoms with Crippen LogP contribution in [0, 0.1) is 5.92 Å². The Balaban J connectivity index is 1.91. The maximum Gasteiger partial charge on any atom is 0.336 e. The van der Waals surface area contributed by atoms with Gasteiger partial charge in [0.2, 0.25) is 0 Å². The lowest BCUT2D eigenvalue weighted by atomic mass is 9.86. The molecular weight excluding hydrogens is 290 g/mol. The maximum absolute atomic E-state index is 11.8. The second-order valence-corrected chi connectivity index (χ2v) is 6.67. The highest BCUT2D eigenvalue weighted by Crippen LogP contribution is 2.28. The Labute approximate surface area is 136 Å². The minimum atomic E-state index is -0.366. The first-order valence-corrected chi connectivity index (χ1v) is 8.60. The molecule has 23 heavy (non-hydrogen) atoms. The number of hydrogen-bond acceptors (Lipinski definition) is 4. The van der Waals surface area contributed by atoms with Crippen LogP contribution < -0.4 is 10.9 Å². The number of rotatable bonds is 4. The zero-order chi connectivity index (χ0) is 16.4. The molecule has 124 valence electrons. The number of aromatic hydroxyl groups is 1. The molecule has 1 fully saturated rings. The van der Waals surface area contributed by atoms with E-state index < -0.39 is 0 Å². The third-order valence-electron chi connectivity index (χ3n) is 5.08. The first-order chi connectivity index (χ1) is 11.1. The van der Waals surface area contributed by atoms with E-state index in [4.69, 9.17) is 4.42 Å². The van der Waals surface area contributed by atoms with Crippen LogP contribution in [-0.2, 0) is 13.0 Å². The highest BCUT2D eigenvalue weighted by atomic mass is 16.4. The molecule has 0 saturated heterocycles. The summed E-state index contributed by atoms with van der Waals surface area (Å²) in [4.78, 5) is 11.8. The molecule has 1 heterocycles. The largest absolute Gasteiger partial charge is 0.508 e. The van der Waals surface area contributed by atoms with Crippen LogP contribution in [0.5, 0.6) is 5.75 Å². The summed E-state index contributed by atoms with van der Waals surface area (Å²) in [7, 11) is 0. The van der Waals surface area contributed by atoms with Crippen molar-refractivity contribution in [3.8, 4) is 5.75 Å². The van der Waals surface area contributed by atoms with Gasteiger partial charge in [-0.15, -0.1) is 0 Å². The second kappa shape index (κ2) is 6.75. The minimum Gasteiger partial charge on any atom is -0.508 e. The average molecular weight is 315 g/mol.